The molecule has 0 N–H and O–H groups in total. The highest BCUT2D eigenvalue weighted by Crippen LogP contribution is 2.43. The average Bonchev–Trinajstić information content (AvgIpc) is 3.51. The van der Waals surface area contributed by atoms with Crippen molar-refractivity contribution in [2.45, 2.75) is 60.4 Å². The molecular weight excluding hydrogens is 432 g/mol. The molecule has 8 heteroatoms. The predicted molar refractivity (Wildman–Crippen MR) is 130 cm³/mol. The van der Waals surface area contributed by atoms with E-state index in [1.54, 1.807) is 10.8 Å². The van der Waals surface area contributed by atoms with Gasteiger partial charge in [0, 0.05) is 10.6 Å². The quantitative estimate of drug-likeness (QED) is 0.350. The number of aromatic nitrogens is 6. The summed E-state index contributed by atoms with van der Waals surface area (Å²) in [5.74, 6) is 2.79. The zero-order chi connectivity index (χ0) is 22.9. The number of hydrogen-bond acceptors (Lipinski definition) is 6. The van der Waals surface area contributed by atoms with Crippen molar-refractivity contribution in [1.82, 2.24) is 29.4 Å². The predicted octanol–water partition coefficient (Wildman–Crippen LogP) is 5.61. The first-order valence-corrected chi connectivity index (χ1v) is 12.3. The van der Waals surface area contributed by atoms with E-state index >= 15 is 0 Å². The fourth-order valence-electron chi connectivity index (χ4n) is 4.98. The summed E-state index contributed by atoms with van der Waals surface area (Å²) >= 11 is 1.82. The van der Waals surface area contributed by atoms with Gasteiger partial charge >= 0.3 is 0 Å². The Balaban J connectivity index is 1.36. The van der Waals surface area contributed by atoms with Crippen LogP contribution in [0.2, 0.25) is 0 Å². The van der Waals surface area contributed by atoms with Gasteiger partial charge in [-0.15, -0.1) is 16.4 Å². The summed E-state index contributed by atoms with van der Waals surface area (Å²) in [5, 5.41) is 10.4. The summed E-state index contributed by atoms with van der Waals surface area (Å²) in [6.45, 7) is 11.7. The molecular formula is C25H28N6OS. The monoisotopic (exact) mass is 460 g/mol. The van der Waals surface area contributed by atoms with Crippen LogP contribution in [0.3, 0.4) is 0 Å². The Bertz CT molecular complexity index is 1490. The van der Waals surface area contributed by atoms with Gasteiger partial charge in [0.05, 0.1) is 17.6 Å². The zero-order valence-corrected chi connectivity index (χ0v) is 20.5. The highest BCUT2D eigenvalue weighted by Gasteiger charge is 2.32. The van der Waals surface area contributed by atoms with E-state index in [1.165, 1.54) is 16.9 Å². The Morgan fingerprint density at radius 3 is 2.79 bits per heavy atom. The standard InChI is InChI=1S/C25H28N6OS/c1-14-10-15(2)30(28-14)12-17-7-9-19(32-17)22-27-23-21-18-8-6-16(25(3,4)5)11-20(18)33-24(21)26-13-31(23)29-22/h7,9-10,13,16H,6,8,11-12H2,1-5H3. The van der Waals surface area contributed by atoms with Gasteiger partial charge in [0.25, 0.3) is 0 Å². The first-order chi connectivity index (χ1) is 15.8. The molecule has 7 nitrogen and oxygen atoms in total. The molecule has 1 aliphatic rings. The zero-order valence-electron chi connectivity index (χ0n) is 19.7. The van der Waals surface area contributed by atoms with Crippen molar-refractivity contribution >= 4 is 27.2 Å². The lowest BCUT2D eigenvalue weighted by Gasteiger charge is -2.33. The Morgan fingerprint density at radius 1 is 1.18 bits per heavy atom. The molecule has 1 atom stereocenters. The third kappa shape index (κ3) is 3.47. The summed E-state index contributed by atoms with van der Waals surface area (Å²) in [5.41, 5.74) is 4.73. The van der Waals surface area contributed by atoms with Gasteiger partial charge in [0.15, 0.2) is 11.4 Å². The largest absolute Gasteiger partial charge is 0.456 e. The average molecular weight is 461 g/mol. The molecule has 0 saturated carbocycles. The van der Waals surface area contributed by atoms with Crippen molar-refractivity contribution in [2.24, 2.45) is 11.3 Å². The summed E-state index contributed by atoms with van der Waals surface area (Å²) < 4.78 is 9.85. The van der Waals surface area contributed by atoms with Crippen LogP contribution in [0.1, 0.15) is 54.8 Å². The molecule has 0 radical (unpaired) electrons. The Labute approximate surface area is 196 Å². The lowest BCUT2D eigenvalue weighted by atomic mass is 9.72. The maximum absolute atomic E-state index is 6.11. The molecule has 0 bridgehead atoms. The Kier molecular flexibility index (Phi) is 4.52. The van der Waals surface area contributed by atoms with Crippen molar-refractivity contribution in [1.29, 1.82) is 0 Å². The molecule has 5 aromatic heterocycles. The van der Waals surface area contributed by atoms with E-state index in [9.17, 15) is 0 Å². The van der Waals surface area contributed by atoms with Gasteiger partial charge in [-0.2, -0.15) is 5.10 Å². The molecule has 5 aromatic rings. The minimum Gasteiger partial charge on any atom is -0.456 e. The third-order valence-corrected chi connectivity index (χ3v) is 8.06. The topological polar surface area (TPSA) is 74.0 Å². The van der Waals surface area contributed by atoms with Crippen molar-refractivity contribution in [2.75, 3.05) is 0 Å². The van der Waals surface area contributed by atoms with Crippen molar-refractivity contribution < 1.29 is 4.42 Å². The van der Waals surface area contributed by atoms with Gasteiger partial charge in [-0.25, -0.2) is 14.5 Å². The van der Waals surface area contributed by atoms with Crippen molar-refractivity contribution in [3.8, 4) is 11.6 Å². The van der Waals surface area contributed by atoms with E-state index < -0.39 is 0 Å². The smallest absolute Gasteiger partial charge is 0.217 e. The third-order valence-electron chi connectivity index (χ3n) is 6.90. The molecule has 33 heavy (non-hydrogen) atoms. The number of hydrogen-bond donors (Lipinski definition) is 0. The van der Waals surface area contributed by atoms with E-state index in [0.717, 1.165) is 45.9 Å². The molecule has 1 aliphatic carbocycles. The molecule has 6 rings (SSSR count). The van der Waals surface area contributed by atoms with E-state index in [-0.39, 0.29) is 0 Å². The van der Waals surface area contributed by atoms with Crippen LogP contribution in [0.5, 0.6) is 0 Å². The maximum Gasteiger partial charge on any atom is 0.217 e. The van der Waals surface area contributed by atoms with Gasteiger partial charge in [-0.1, -0.05) is 20.8 Å². The molecule has 0 aliphatic heterocycles. The van der Waals surface area contributed by atoms with Gasteiger partial charge < -0.3 is 4.42 Å². The molecule has 0 saturated heterocycles. The van der Waals surface area contributed by atoms with Gasteiger partial charge in [-0.05, 0) is 68.2 Å². The van der Waals surface area contributed by atoms with Crippen LogP contribution in [0.15, 0.2) is 28.9 Å². The lowest BCUT2D eigenvalue weighted by Crippen LogP contribution is -2.26. The molecule has 170 valence electrons. The van der Waals surface area contributed by atoms with E-state index in [0.29, 0.717) is 29.5 Å². The van der Waals surface area contributed by atoms with Crippen LogP contribution in [0.4, 0.5) is 0 Å². The molecule has 0 amide bonds. The van der Waals surface area contributed by atoms with Crippen LogP contribution in [-0.2, 0) is 19.4 Å². The Morgan fingerprint density at radius 2 is 2.03 bits per heavy atom. The number of furan rings is 1. The van der Waals surface area contributed by atoms with Gasteiger partial charge in [0.1, 0.15) is 16.9 Å². The normalized spacial score (nSPS) is 16.7. The number of nitrogens with zero attached hydrogens (tertiary/aromatic N) is 6. The first-order valence-electron chi connectivity index (χ1n) is 11.5. The second-order valence-corrected chi connectivity index (χ2v) is 11.4. The van der Waals surface area contributed by atoms with Crippen LogP contribution in [-0.4, -0.2) is 29.4 Å². The second kappa shape index (κ2) is 7.25. The van der Waals surface area contributed by atoms with Crippen LogP contribution in [0, 0.1) is 25.2 Å². The summed E-state index contributed by atoms with van der Waals surface area (Å²) in [6.07, 6.45) is 5.19. The summed E-state index contributed by atoms with van der Waals surface area (Å²) in [6, 6.07) is 5.98. The number of thiophene rings is 1. The van der Waals surface area contributed by atoms with E-state index in [1.807, 2.05) is 35.1 Å². The second-order valence-electron chi connectivity index (χ2n) is 10.3. The van der Waals surface area contributed by atoms with Gasteiger partial charge in [0.2, 0.25) is 5.82 Å². The number of aryl methyl sites for hydroxylation is 3. The fourth-order valence-corrected chi connectivity index (χ4v) is 6.25. The fraction of sp³-hybridized carbons (Fsp3) is 0.440. The van der Waals surface area contributed by atoms with Crippen molar-refractivity contribution in [3.63, 3.8) is 0 Å². The first kappa shape index (κ1) is 20.6. The van der Waals surface area contributed by atoms with E-state index in [4.69, 9.17) is 14.4 Å². The van der Waals surface area contributed by atoms with Crippen LogP contribution < -0.4 is 0 Å². The number of rotatable bonds is 3. The van der Waals surface area contributed by atoms with Crippen LogP contribution in [0.25, 0.3) is 27.4 Å². The number of fused-ring (bicyclic) bond motifs is 5. The molecule has 0 fully saturated rings. The highest BCUT2D eigenvalue weighted by atomic mass is 32.1. The van der Waals surface area contributed by atoms with Crippen LogP contribution >= 0.6 is 11.3 Å². The minimum atomic E-state index is 0.322. The molecule has 1 unspecified atom stereocenters. The summed E-state index contributed by atoms with van der Waals surface area (Å²) in [4.78, 5) is 12.1. The maximum atomic E-state index is 6.11. The summed E-state index contributed by atoms with van der Waals surface area (Å²) in [7, 11) is 0. The minimum absolute atomic E-state index is 0.322. The van der Waals surface area contributed by atoms with Gasteiger partial charge in [-0.3, -0.25) is 4.68 Å². The highest BCUT2D eigenvalue weighted by molar-refractivity contribution is 7.19. The lowest BCUT2D eigenvalue weighted by molar-refractivity contribution is 0.218. The van der Waals surface area contributed by atoms with Crippen molar-refractivity contribution in [3.05, 3.63) is 52.1 Å². The molecule has 0 spiro atoms. The Hall–Kier alpha value is -3.00. The molecule has 5 heterocycles. The SMILES string of the molecule is Cc1cc(C)n(Cc2ccc(-c3nc4c5c6c(sc5ncn4n3)CC(C(C)(C)C)CC6)o2)n1. The molecule has 0 aromatic carbocycles. The van der Waals surface area contributed by atoms with E-state index in [2.05, 4.69) is 44.0 Å².